The van der Waals surface area contributed by atoms with Gasteiger partial charge in [-0.2, -0.15) is 0 Å². The molecule has 13 heavy (non-hydrogen) atoms. The maximum atomic E-state index is 5.84. The summed E-state index contributed by atoms with van der Waals surface area (Å²) in [5.41, 5.74) is 12.2. The Morgan fingerprint density at radius 2 is 1.92 bits per heavy atom. The van der Waals surface area contributed by atoms with E-state index in [0.717, 1.165) is 12.0 Å². The topological polar surface area (TPSA) is 52.0 Å². The van der Waals surface area contributed by atoms with Crippen LogP contribution in [0.4, 0.5) is 0 Å². The van der Waals surface area contributed by atoms with Gasteiger partial charge < -0.3 is 11.5 Å². The largest absolute Gasteiger partial charge is 0.330 e. The second-order valence-corrected chi connectivity index (χ2v) is 3.67. The Balaban J connectivity index is 2.84. The van der Waals surface area contributed by atoms with Crippen molar-refractivity contribution in [3.8, 4) is 0 Å². The van der Waals surface area contributed by atoms with Crippen molar-refractivity contribution < 1.29 is 0 Å². The molecular formula is C9H12Cl2N2. The molecule has 1 aromatic rings. The summed E-state index contributed by atoms with van der Waals surface area (Å²) < 4.78 is 0. The van der Waals surface area contributed by atoms with E-state index in [0.29, 0.717) is 16.6 Å². The molecule has 1 atom stereocenters. The molecule has 1 aromatic carbocycles. The van der Waals surface area contributed by atoms with Gasteiger partial charge in [-0.1, -0.05) is 29.3 Å². The molecule has 2 nitrogen and oxygen atoms in total. The van der Waals surface area contributed by atoms with Gasteiger partial charge in [0, 0.05) is 6.04 Å². The molecule has 1 rings (SSSR count). The van der Waals surface area contributed by atoms with Crippen LogP contribution in [0.5, 0.6) is 0 Å². The van der Waals surface area contributed by atoms with E-state index in [1.54, 1.807) is 12.1 Å². The number of nitrogens with two attached hydrogens (primary N) is 2. The molecule has 0 spiro atoms. The van der Waals surface area contributed by atoms with Gasteiger partial charge in [0.1, 0.15) is 0 Å². The van der Waals surface area contributed by atoms with Gasteiger partial charge in [0.05, 0.1) is 10.0 Å². The lowest BCUT2D eigenvalue weighted by molar-refractivity contribution is 0.661. The van der Waals surface area contributed by atoms with Crippen LogP contribution in [0.3, 0.4) is 0 Å². The SMILES string of the molecule is NCC[C@@H](N)c1ccc(Cl)c(Cl)c1. The highest BCUT2D eigenvalue weighted by atomic mass is 35.5. The van der Waals surface area contributed by atoms with E-state index < -0.39 is 0 Å². The van der Waals surface area contributed by atoms with Crippen molar-refractivity contribution in [1.82, 2.24) is 0 Å². The number of hydrogen-bond acceptors (Lipinski definition) is 2. The molecular weight excluding hydrogens is 207 g/mol. The summed E-state index contributed by atoms with van der Waals surface area (Å²) in [6.07, 6.45) is 0.748. The second-order valence-electron chi connectivity index (χ2n) is 2.86. The Kier molecular flexibility index (Phi) is 4.00. The van der Waals surface area contributed by atoms with Crippen molar-refractivity contribution in [2.45, 2.75) is 12.5 Å². The fraction of sp³-hybridized carbons (Fsp3) is 0.333. The smallest absolute Gasteiger partial charge is 0.0595 e. The van der Waals surface area contributed by atoms with Crippen LogP contribution in [0.15, 0.2) is 18.2 Å². The number of rotatable bonds is 3. The molecule has 0 unspecified atom stereocenters. The molecule has 0 aliphatic rings. The average Bonchev–Trinajstić information content (AvgIpc) is 2.10. The minimum atomic E-state index is -0.0558. The van der Waals surface area contributed by atoms with E-state index in [4.69, 9.17) is 34.7 Å². The van der Waals surface area contributed by atoms with Crippen molar-refractivity contribution in [1.29, 1.82) is 0 Å². The second kappa shape index (κ2) is 4.82. The van der Waals surface area contributed by atoms with E-state index in [1.165, 1.54) is 0 Å². The Hall–Kier alpha value is -0.280. The van der Waals surface area contributed by atoms with Gasteiger partial charge in [-0.15, -0.1) is 0 Å². The third kappa shape index (κ3) is 2.85. The summed E-state index contributed by atoms with van der Waals surface area (Å²) in [6, 6.07) is 5.34. The number of halogens is 2. The normalized spacial score (nSPS) is 12.9. The molecule has 0 aliphatic carbocycles. The van der Waals surface area contributed by atoms with Crippen LogP contribution in [0.2, 0.25) is 10.0 Å². The van der Waals surface area contributed by atoms with Gasteiger partial charge in [-0.05, 0) is 30.7 Å². The molecule has 72 valence electrons. The van der Waals surface area contributed by atoms with Crippen LogP contribution in [-0.4, -0.2) is 6.54 Å². The maximum absolute atomic E-state index is 5.84. The first-order valence-electron chi connectivity index (χ1n) is 4.05. The first kappa shape index (κ1) is 10.8. The van der Waals surface area contributed by atoms with Crippen molar-refractivity contribution in [3.05, 3.63) is 33.8 Å². The molecule has 0 radical (unpaired) electrons. The summed E-state index contributed by atoms with van der Waals surface area (Å²) in [5, 5.41) is 1.08. The summed E-state index contributed by atoms with van der Waals surface area (Å²) in [6.45, 7) is 0.571. The first-order valence-corrected chi connectivity index (χ1v) is 4.81. The lowest BCUT2D eigenvalue weighted by atomic mass is 10.1. The Morgan fingerprint density at radius 1 is 1.23 bits per heavy atom. The molecule has 4 heteroatoms. The van der Waals surface area contributed by atoms with E-state index in [1.807, 2.05) is 6.07 Å². The molecule has 0 bridgehead atoms. The van der Waals surface area contributed by atoms with E-state index in [9.17, 15) is 0 Å². The molecule has 0 heterocycles. The molecule has 0 saturated heterocycles. The monoisotopic (exact) mass is 218 g/mol. The number of hydrogen-bond donors (Lipinski definition) is 2. The number of benzene rings is 1. The van der Waals surface area contributed by atoms with Gasteiger partial charge in [-0.25, -0.2) is 0 Å². The van der Waals surface area contributed by atoms with Crippen LogP contribution in [0.25, 0.3) is 0 Å². The predicted molar refractivity (Wildman–Crippen MR) is 57.1 cm³/mol. The van der Waals surface area contributed by atoms with Gasteiger partial charge >= 0.3 is 0 Å². The van der Waals surface area contributed by atoms with Crippen LogP contribution in [0, 0.1) is 0 Å². The maximum Gasteiger partial charge on any atom is 0.0595 e. The molecule has 0 amide bonds. The average molecular weight is 219 g/mol. The highest BCUT2D eigenvalue weighted by Crippen LogP contribution is 2.25. The Morgan fingerprint density at radius 3 is 2.46 bits per heavy atom. The summed E-state index contributed by atoms with van der Waals surface area (Å²) in [4.78, 5) is 0. The third-order valence-corrected chi connectivity index (χ3v) is 2.59. The van der Waals surface area contributed by atoms with Crippen molar-refractivity contribution in [2.75, 3.05) is 6.54 Å². The summed E-state index contributed by atoms with van der Waals surface area (Å²) in [5.74, 6) is 0. The van der Waals surface area contributed by atoms with E-state index >= 15 is 0 Å². The lowest BCUT2D eigenvalue weighted by Gasteiger charge is -2.10. The molecule has 4 N–H and O–H groups in total. The minimum Gasteiger partial charge on any atom is -0.330 e. The zero-order valence-electron chi connectivity index (χ0n) is 7.13. The van der Waals surface area contributed by atoms with E-state index in [2.05, 4.69) is 0 Å². The fourth-order valence-corrected chi connectivity index (χ4v) is 1.40. The minimum absolute atomic E-state index is 0.0558. The zero-order chi connectivity index (χ0) is 9.84. The highest BCUT2D eigenvalue weighted by molar-refractivity contribution is 6.42. The van der Waals surface area contributed by atoms with Gasteiger partial charge in [0.25, 0.3) is 0 Å². The van der Waals surface area contributed by atoms with Gasteiger partial charge in [0.2, 0.25) is 0 Å². The van der Waals surface area contributed by atoms with Crippen molar-refractivity contribution in [2.24, 2.45) is 11.5 Å². The van der Waals surface area contributed by atoms with Crippen LogP contribution < -0.4 is 11.5 Å². The van der Waals surface area contributed by atoms with Crippen molar-refractivity contribution in [3.63, 3.8) is 0 Å². The lowest BCUT2D eigenvalue weighted by Crippen LogP contribution is -2.15. The van der Waals surface area contributed by atoms with Crippen molar-refractivity contribution >= 4 is 23.2 Å². The summed E-state index contributed by atoms with van der Waals surface area (Å²) in [7, 11) is 0. The Labute approximate surface area is 87.8 Å². The van der Waals surface area contributed by atoms with Crippen LogP contribution >= 0.6 is 23.2 Å². The predicted octanol–water partition coefficient (Wildman–Crippen LogP) is 2.34. The van der Waals surface area contributed by atoms with Crippen LogP contribution in [0.1, 0.15) is 18.0 Å². The molecule has 0 aliphatic heterocycles. The first-order chi connectivity index (χ1) is 6.15. The molecule has 0 fully saturated rings. The van der Waals surface area contributed by atoms with Gasteiger partial charge in [-0.3, -0.25) is 0 Å². The standard InChI is InChI=1S/C9H12Cl2N2/c10-7-2-1-6(5-8(7)11)9(13)3-4-12/h1-2,5,9H,3-4,12-13H2/t9-/m1/s1. The quantitative estimate of drug-likeness (QED) is 0.819. The summed E-state index contributed by atoms with van der Waals surface area (Å²) >= 11 is 11.6. The molecule has 0 saturated carbocycles. The molecule has 0 aromatic heterocycles. The highest BCUT2D eigenvalue weighted by Gasteiger charge is 2.06. The third-order valence-electron chi connectivity index (χ3n) is 1.85. The zero-order valence-corrected chi connectivity index (χ0v) is 8.65. The Bertz CT molecular complexity index is 289. The van der Waals surface area contributed by atoms with E-state index in [-0.39, 0.29) is 6.04 Å². The fourth-order valence-electron chi connectivity index (χ4n) is 1.09. The van der Waals surface area contributed by atoms with Gasteiger partial charge in [0.15, 0.2) is 0 Å². The van der Waals surface area contributed by atoms with Crippen LogP contribution in [-0.2, 0) is 0 Å².